The van der Waals surface area contributed by atoms with Gasteiger partial charge in [-0.15, -0.1) is 11.3 Å². The SMILES string of the molecule is COc1cc2[nH]ncc2cc1Nc1ncnc2sc3c(c12)CCN(C(=O)N1CCOC[C@@H]1C)C3. The lowest BCUT2D eigenvalue weighted by Gasteiger charge is -2.38. The molecule has 4 aromatic rings. The number of methoxy groups -OCH3 is 1. The van der Waals surface area contributed by atoms with Crippen molar-refractivity contribution in [1.82, 2.24) is 30.0 Å². The number of H-pyrrole nitrogens is 1. The summed E-state index contributed by atoms with van der Waals surface area (Å²) < 4.78 is 11.1. The molecule has 176 valence electrons. The van der Waals surface area contributed by atoms with E-state index in [1.165, 1.54) is 5.56 Å². The van der Waals surface area contributed by atoms with E-state index in [9.17, 15) is 4.79 Å². The van der Waals surface area contributed by atoms with E-state index in [0.29, 0.717) is 38.6 Å². The summed E-state index contributed by atoms with van der Waals surface area (Å²) in [6.45, 7) is 5.11. The number of aromatic amines is 1. The smallest absolute Gasteiger partial charge is 0.320 e. The molecule has 0 bridgehead atoms. The lowest BCUT2D eigenvalue weighted by molar-refractivity contribution is 0.00947. The zero-order valence-corrected chi connectivity index (χ0v) is 19.8. The third kappa shape index (κ3) is 3.51. The number of morpholine rings is 1. The zero-order valence-electron chi connectivity index (χ0n) is 19.0. The number of hydrogen-bond acceptors (Lipinski definition) is 8. The van der Waals surface area contributed by atoms with Crippen LogP contribution in [0.25, 0.3) is 21.1 Å². The van der Waals surface area contributed by atoms with Crippen LogP contribution in [0.1, 0.15) is 17.4 Å². The Balaban J connectivity index is 1.32. The van der Waals surface area contributed by atoms with E-state index in [2.05, 4.69) is 25.5 Å². The summed E-state index contributed by atoms with van der Waals surface area (Å²) in [5, 5.41) is 12.5. The quantitative estimate of drug-likeness (QED) is 0.463. The minimum atomic E-state index is 0.0847. The number of aromatic nitrogens is 4. The van der Waals surface area contributed by atoms with Gasteiger partial charge in [0.15, 0.2) is 0 Å². The van der Waals surface area contributed by atoms with Crippen molar-refractivity contribution in [2.75, 3.05) is 38.7 Å². The molecule has 1 saturated heterocycles. The molecule has 10 nitrogen and oxygen atoms in total. The highest BCUT2D eigenvalue weighted by atomic mass is 32.1. The van der Waals surface area contributed by atoms with Crippen LogP contribution >= 0.6 is 11.3 Å². The second-order valence-electron chi connectivity index (χ2n) is 8.61. The molecule has 0 radical (unpaired) electrons. The molecule has 11 heteroatoms. The number of carbonyl (C=O) groups is 1. The van der Waals surface area contributed by atoms with E-state index < -0.39 is 0 Å². The van der Waals surface area contributed by atoms with E-state index in [1.807, 2.05) is 28.9 Å². The summed E-state index contributed by atoms with van der Waals surface area (Å²) >= 11 is 1.63. The van der Waals surface area contributed by atoms with Gasteiger partial charge in [0.2, 0.25) is 0 Å². The summed E-state index contributed by atoms with van der Waals surface area (Å²) in [4.78, 5) is 28.2. The Labute approximate surface area is 199 Å². The molecule has 0 saturated carbocycles. The Morgan fingerprint density at radius 2 is 2.24 bits per heavy atom. The average molecular weight is 480 g/mol. The van der Waals surface area contributed by atoms with E-state index in [4.69, 9.17) is 9.47 Å². The number of nitrogens with zero attached hydrogens (tertiary/aromatic N) is 5. The number of hydrogen-bond donors (Lipinski definition) is 2. The molecule has 0 unspecified atom stereocenters. The maximum absolute atomic E-state index is 13.2. The summed E-state index contributed by atoms with van der Waals surface area (Å²) in [7, 11) is 1.64. The molecule has 2 aliphatic rings. The van der Waals surface area contributed by atoms with Gasteiger partial charge in [-0.1, -0.05) is 0 Å². The number of urea groups is 1. The summed E-state index contributed by atoms with van der Waals surface area (Å²) in [5.41, 5.74) is 2.93. The molecule has 34 heavy (non-hydrogen) atoms. The van der Waals surface area contributed by atoms with Gasteiger partial charge in [0.25, 0.3) is 0 Å². The second kappa shape index (κ2) is 8.41. The molecular formula is C23H25N7O3S. The van der Waals surface area contributed by atoms with Crippen molar-refractivity contribution in [3.63, 3.8) is 0 Å². The summed E-state index contributed by atoms with van der Waals surface area (Å²) in [5.74, 6) is 1.44. The zero-order chi connectivity index (χ0) is 23.2. The van der Waals surface area contributed by atoms with Gasteiger partial charge in [-0.05, 0) is 25.0 Å². The molecule has 1 aromatic carbocycles. The molecule has 2 aliphatic heterocycles. The number of ether oxygens (including phenoxy) is 2. The van der Waals surface area contributed by atoms with Crippen LogP contribution in [0.3, 0.4) is 0 Å². The molecule has 2 amide bonds. The Kier molecular flexibility index (Phi) is 5.22. The van der Waals surface area contributed by atoms with Crippen molar-refractivity contribution < 1.29 is 14.3 Å². The van der Waals surface area contributed by atoms with Gasteiger partial charge < -0.3 is 24.6 Å². The van der Waals surface area contributed by atoms with Crippen LogP contribution in [0.2, 0.25) is 0 Å². The fourth-order valence-corrected chi connectivity index (χ4v) is 5.95. The minimum Gasteiger partial charge on any atom is -0.494 e. The van der Waals surface area contributed by atoms with Crippen LogP contribution < -0.4 is 10.1 Å². The van der Waals surface area contributed by atoms with Crippen molar-refractivity contribution in [1.29, 1.82) is 0 Å². The monoisotopic (exact) mass is 479 g/mol. The van der Waals surface area contributed by atoms with E-state index >= 15 is 0 Å². The lowest BCUT2D eigenvalue weighted by Crippen LogP contribution is -2.53. The Morgan fingerprint density at radius 3 is 3.09 bits per heavy atom. The van der Waals surface area contributed by atoms with Crippen LogP contribution in [0.15, 0.2) is 24.7 Å². The standard InChI is InChI=1S/C23H25N7O3S/c1-13-11-33-6-5-30(13)23(31)29-4-3-15-19(10-29)34-22-20(15)21(24-12-25-22)27-17-7-14-9-26-28-16(14)8-18(17)32-2/h7-9,12-13H,3-6,10-11H2,1-2H3,(H,26,28)(H,24,25,27)/t13-/m0/s1. The highest BCUT2D eigenvalue weighted by Crippen LogP contribution is 2.40. The van der Waals surface area contributed by atoms with Crippen LogP contribution in [0.5, 0.6) is 5.75 Å². The average Bonchev–Trinajstić information content (AvgIpc) is 3.47. The van der Waals surface area contributed by atoms with Crippen molar-refractivity contribution in [2.24, 2.45) is 0 Å². The molecule has 1 atom stereocenters. The fourth-order valence-electron chi connectivity index (χ4n) is 4.74. The molecule has 3 aromatic heterocycles. The van der Waals surface area contributed by atoms with Crippen molar-refractivity contribution >= 4 is 50.0 Å². The van der Waals surface area contributed by atoms with E-state index in [-0.39, 0.29) is 12.1 Å². The molecule has 1 fully saturated rings. The molecule has 0 aliphatic carbocycles. The third-order valence-electron chi connectivity index (χ3n) is 6.53. The third-order valence-corrected chi connectivity index (χ3v) is 7.66. The molecule has 0 spiro atoms. The Morgan fingerprint density at radius 1 is 1.32 bits per heavy atom. The van der Waals surface area contributed by atoms with Crippen LogP contribution in [-0.2, 0) is 17.7 Å². The van der Waals surface area contributed by atoms with E-state index in [1.54, 1.807) is 31.0 Å². The minimum absolute atomic E-state index is 0.0847. The Hall–Kier alpha value is -3.44. The maximum Gasteiger partial charge on any atom is 0.320 e. The van der Waals surface area contributed by atoms with Crippen LogP contribution in [0.4, 0.5) is 16.3 Å². The lowest BCUT2D eigenvalue weighted by atomic mass is 10.0. The molecule has 2 N–H and O–H groups in total. The van der Waals surface area contributed by atoms with Gasteiger partial charge in [-0.25, -0.2) is 14.8 Å². The predicted molar refractivity (Wildman–Crippen MR) is 130 cm³/mol. The first kappa shape index (κ1) is 21.1. The second-order valence-corrected chi connectivity index (χ2v) is 9.70. The summed E-state index contributed by atoms with van der Waals surface area (Å²) in [6, 6.07) is 4.09. The number of benzene rings is 1. The summed E-state index contributed by atoms with van der Waals surface area (Å²) in [6.07, 6.45) is 4.12. The van der Waals surface area contributed by atoms with Gasteiger partial charge in [-0.2, -0.15) is 5.10 Å². The topological polar surface area (TPSA) is 108 Å². The van der Waals surface area contributed by atoms with Gasteiger partial charge in [0.05, 0.1) is 55.7 Å². The van der Waals surface area contributed by atoms with Crippen molar-refractivity contribution in [3.05, 3.63) is 35.1 Å². The number of anilines is 2. The maximum atomic E-state index is 13.2. The van der Waals surface area contributed by atoms with Gasteiger partial charge in [-0.3, -0.25) is 5.10 Å². The highest BCUT2D eigenvalue weighted by Gasteiger charge is 2.32. The molecule has 5 heterocycles. The van der Waals surface area contributed by atoms with Crippen LogP contribution in [-0.4, -0.2) is 75.5 Å². The highest BCUT2D eigenvalue weighted by molar-refractivity contribution is 7.19. The van der Waals surface area contributed by atoms with Crippen LogP contribution in [0, 0.1) is 0 Å². The largest absolute Gasteiger partial charge is 0.494 e. The number of rotatable bonds is 3. The number of thiophene rings is 1. The van der Waals surface area contributed by atoms with E-state index in [0.717, 1.165) is 43.9 Å². The first-order chi connectivity index (χ1) is 16.6. The van der Waals surface area contributed by atoms with Gasteiger partial charge in [0, 0.05) is 29.4 Å². The fraction of sp³-hybridized carbons (Fsp3) is 0.391. The van der Waals surface area contributed by atoms with Gasteiger partial charge in [0.1, 0.15) is 22.7 Å². The number of fused-ring (bicyclic) bond motifs is 4. The number of carbonyl (C=O) groups excluding carboxylic acids is 1. The van der Waals surface area contributed by atoms with Crippen molar-refractivity contribution in [2.45, 2.75) is 25.9 Å². The first-order valence-corrected chi connectivity index (χ1v) is 12.1. The Bertz CT molecular complexity index is 1380. The van der Waals surface area contributed by atoms with Gasteiger partial charge >= 0.3 is 6.03 Å². The number of nitrogens with one attached hydrogen (secondary N) is 2. The molecular weight excluding hydrogens is 454 g/mol. The normalized spacial score (nSPS) is 18.4. The van der Waals surface area contributed by atoms with Crippen molar-refractivity contribution in [3.8, 4) is 5.75 Å². The number of amides is 2. The first-order valence-electron chi connectivity index (χ1n) is 11.3. The molecule has 6 rings (SSSR count). The predicted octanol–water partition coefficient (Wildman–Crippen LogP) is 3.52.